The van der Waals surface area contributed by atoms with Gasteiger partial charge in [0.2, 0.25) is 12.7 Å². The lowest BCUT2D eigenvalue weighted by Gasteiger charge is -2.22. The number of aromatic nitrogens is 4. The molecule has 0 atom stereocenters. The summed E-state index contributed by atoms with van der Waals surface area (Å²) in [6.07, 6.45) is 7.90. The first kappa shape index (κ1) is 19.8. The zero-order valence-electron chi connectivity index (χ0n) is 18.5. The van der Waals surface area contributed by atoms with E-state index in [0.717, 1.165) is 52.6 Å². The second kappa shape index (κ2) is 8.27. The lowest BCUT2D eigenvalue weighted by atomic mass is 9.96. The molecule has 2 aromatic carbocycles. The van der Waals surface area contributed by atoms with Crippen LogP contribution in [-0.4, -0.2) is 39.5 Å². The molecule has 1 aliphatic carbocycles. The van der Waals surface area contributed by atoms with E-state index in [0.29, 0.717) is 17.7 Å². The van der Waals surface area contributed by atoms with Crippen LogP contribution in [0, 0.1) is 0 Å². The number of anilines is 1. The lowest BCUT2D eigenvalue weighted by molar-refractivity contribution is 0.174. The van der Waals surface area contributed by atoms with Crippen molar-refractivity contribution >= 4 is 17.0 Å². The van der Waals surface area contributed by atoms with Gasteiger partial charge in [-0.25, -0.2) is 9.97 Å². The minimum Gasteiger partial charge on any atom is -0.497 e. The predicted octanol–water partition coefficient (Wildman–Crippen LogP) is 4.96. The molecule has 33 heavy (non-hydrogen) atoms. The highest BCUT2D eigenvalue weighted by Gasteiger charge is 2.21. The molecule has 8 heteroatoms. The molecule has 168 valence electrons. The summed E-state index contributed by atoms with van der Waals surface area (Å²) in [5.74, 6) is 4.36. The van der Waals surface area contributed by atoms with Crippen LogP contribution < -0.4 is 19.5 Å². The molecule has 0 saturated heterocycles. The van der Waals surface area contributed by atoms with E-state index in [9.17, 15) is 0 Å². The van der Waals surface area contributed by atoms with E-state index in [1.54, 1.807) is 13.3 Å². The van der Waals surface area contributed by atoms with Crippen LogP contribution in [0.25, 0.3) is 28.2 Å². The van der Waals surface area contributed by atoms with E-state index in [-0.39, 0.29) is 6.79 Å². The molecule has 4 aromatic rings. The first-order valence-corrected chi connectivity index (χ1v) is 11.3. The normalized spacial score (nSPS) is 15.7. The molecule has 1 aliphatic heterocycles. The molecular formula is C25H25N5O3. The van der Waals surface area contributed by atoms with Crippen LogP contribution in [0.2, 0.25) is 0 Å². The summed E-state index contributed by atoms with van der Waals surface area (Å²) in [6, 6.07) is 14.0. The number of fused-ring (bicyclic) bond motifs is 2. The third-order valence-corrected chi connectivity index (χ3v) is 6.30. The van der Waals surface area contributed by atoms with Gasteiger partial charge in [-0.2, -0.15) is 4.98 Å². The molecule has 3 heterocycles. The standard InChI is InChI=1S/C25H25N5O3/c1-31-18-8-9-19-20(14-18)30(24(28-19)16-7-10-21-22(13-16)33-15-32-21)23-11-12-26-25(29-23)27-17-5-3-2-4-6-17/h7-14,17H,2-6,15H2,1H3,(H,26,27,29). The first-order chi connectivity index (χ1) is 16.3. The van der Waals surface area contributed by atoms with E-state index in [2.05, 4.69) is 10.3 Å². The number of rotatable bonds is 5. The van der Waals surface area contributed by atoms with Crippen LogP contribution in [0.15, 0.2) is 48.7 Å². The Morgan fingerprint density at radius 1 is 0.970 bits per heavy atom. The highest BCUT2D eigenvalue weighted by atomic mass is 16.7. The fourth-order valence-corrected chi connectivity index (χ4v) is 4.62. The Kier molecular flexibility index (Phi) is 4.97. The maximum absolute atomic E-state index is 5.61. The fraction of sp³-hybridized carbons (Fsp3) is 0.320. The van der Waals surface area contributed by atoms with Gasteiger partial charge in [0.25, 0.3) is 0 Å². The number of benzene rings is 2. The van der Waals surface area contributed by atoms with Gasteiger partial charge in [-0.15, -0.1) is 0 Å². The van der Waals surface area contributed by atoms with Crippen molar-refractivity contribution in [3.8, 4) is 34.5 Å². The van der Waals surface area contributed by atoms with Crippen molar-refractivity contribution in [1.82, 2.24) is 19.5 Å². The molecule has 0 spiro atoms. The third kappa shape index (κ3) is 3.71. The van der Waals surface area contributed by atoms with Gasteiger partial charge in [0.15, 0.2) is 11.5 Å². The number of hydrogen-bond acceptors (Lipinski definition) is 7. The van der Waals surface area contributed by atoms with E-state index in [1.165, 1.54) is 19.3 Å². The van der Waals surface area contributed by atoms with Crippen molar-refractivity contribution in [3.63, 3.8) is 0 Å². The van der Waals surface area contributed by atoms with Crippen molar-refractivity contribution in [2.24, 2.45) is 0 Å². The van der Waals surface area contributed by atoms with Crippen LogP contribution in [0.5, 0.6) is 17.2 Å². The zero-order valence-corrected chi connectivity index (χ0v) is 18.5. The van der Waals surface area contributed by atoms with Crippen LogP contribution in [0.3, 0.4) is 0 Å². The van der Waals surface area contributed by atoms with E-state index >= 15 is 0 Å². The van der Waals surface area contributed by atoms with E-state index < -0.39 is 0 Å². The Morgan fingerprint density at radius 2 is 1.85 bits per heavy atom. The smallest absolute Gasteiger partial charge is 0.231 e. The van der Waals surface area contributed by atoms with Crippen LogP contribution in [-0.2, 0) is 0 Å². The van der Waals surface area contributed by atoms with E-state index in [1.807, 2.05) is 47.0 Å². The molecule has 2 aliphatic rings. The second-order valence-corrected chi connectivity index (χ2v) is 8.41. The Morgan fingerprint density at radius 3 is 2.73 bits per heavy atom. The highest BCUT2D eigenvalue weighted by molar-refractivity contribution is 5.84. The number of ether oxygens (including phenoxy) is 3. The van der Waals surface area contributed by atoms with Crippen molar-refractivity contribution in [2.75, 3.05) is 19.2 Å². The topological polar surface area (TPSA) is 83.3 Å². The van der Waals surface area contributed by atoms with Crippen LogP contribution >= 0.6 is 0 Å². The molecule has 1 N–H and O–H groups in total. The summed E-state index contributed by atoms with van der Waals surface area (Å²) < 4.78 is 18.6. The SMILES string of the molecule is COc1ccc2nc(-c3ccc4c(c3)OCO4)n(-c3ccnc(NC4CCCCC4)n3)c2c1. The summed E-state index contributed by atoms with van der Waals surface area (Å²) in [7, 11) is 1.66. The molecule has 1 fully saturated rings. The number of hydrogen-bond donors (Lipinski definition) is 1. The summed E-state index contributed by atoms with van der Waals surface area (Å²) in [6.45, 7) is 0.231. The van der Waals surface area contributed by atoms with Crippen molar-refractivity contribution < 1.29 is 14.2 Å². The number of imidazole rings is 1. The summed E-state index contributed by atoms with van der Waals surface area (Å²) >= 11 is 0. The number of nitrogens with one attached hydrogen (secondary N) is 1. The largest absolute Gasteiger partial charge is 0.497 e. The van der Waals surface area contributed by atoms with Gasteiger partial charge < -0.3 is 19.5 Å². The molecule has 6 rings (SSSR count). The van der Waals surface area contributed by atoms with Crippen molar-refractivity contribution in [1.29, 1.82) is 0 Å². The number of methoxy groups -OCH3 is 1. The highest BCUT2D eigenvalue weighted by Crippen LogP contribution is 2.37. The minimum absolute atomic E-state index is 0.231. The molecule has 0 unspecified atom stereocenters. The Hall–Kier alpha value is -3.81. The quantitative estimate of drug-likeness (QED) is 0.466. The van der Waals surface area contributed by atoms with E-state index in [4.69, 9.17) is 24.2 Å². The summed E-state index contributed by atoms with van der Waals surface area (Å²) in [4.78, 5) is 14.3. The Balaban J connectivity index is 1.48. The average molecular weight is 444 g/mol. The van der Waals surface area contributed by atoms with Gasteiger partial charge in [0.1, 0.15) is 17.4 Å². The third-order valence-electron chi connectivity index (χ3n) is 6.30. The minimum atomic E-state index is 0.231. The van der Waals surface area contributed by atoms with Crippen molar-refractivity contribution in [3.05, 3.63) is 48.7 Å². The van der Waals surface area contributed by atoms with Gasteiger partial charge in [0.05, 0.1) is 18.1 Å². The van der Waals surface area contributed by atoms with Crippen LogP contribution in [0.1, 0.15) is 32.1 Å². The second-order valence-electron chi connectivity index (χ2n) is 8.41. The predicted molar refractivity (Wildman–Crippen MR) is 125 cm³/mol. The Labute approximate surface area is 191 Å². The fourth-order valence-electron chi connectivity index (χ4n) is 4.62. The Bertz CT molecular complexity index is 1310. The van der Waals surface area contributed by atoms with Gasteiger partial charge in [-0.1, -0.05) is 19.3 Å². The van der Waals surface area contributed by atoms with Gasteiger partial charge in [-0.3, -0.25) is 4.57 Å². The molecule has 2 aromatic heterocycles. The first-order valence-electron chi connectivity index (χ1n) is 11.3. The monoisotopic (exact) mass is 443 g/mol. The lowest BCUT2D eigenvalue weighted by Crippen LogP contribution is -2.23. The zero-order chi connectivity index (χ0) is 22.2. The molecule has 0 amide bonds. The summed E-state index contributed by atoms with van der Waals surface area (Å²) in [5.41, 5.74) is 2.67. The summed E-state index contributed by atoms with van der Waals surface area (Å²) in [5, 5.41) is 3.53. The maximum Gasteiger partial charge on any atom is 0.231 e. The van der Waals surface area contributed by atoms with Crippen LogP contribution in [0.4, 0.5) is 5.95 Å². The molecule has 1 saturated carbocycles. The maximum atomic E-state index is 5.61. The van der Waals surface area contributed by atoms with Gasteiger partial charge >= 0.3 is 0 Å². The van der Waals surface area contributed by atoms with Crippen molar-refractivity contribution in [2.45, 2.75) is 38.1 Å². The van der Waals surface area contributed by atoms with Gasteiger partial charge in [-0.05, 0) is 49.2 Å². The van der Waals surface area contributed by atoms with Gasteiger partial charge in [0, 0.05) is 23.9 Å². The average Bonchev–Trinajstić information content (AvgIpc) is 3.48. The molecule has 8 nitrogen and oxygen atoms in total. The molecule has 0 radical (unpaired) electrons. The molecular weight excluding hydrogens is 418 g/mol. The molecule has 0 bridgehead atoms. The number of nitrogens with zero attached hydrogens (tertiary/aromatic N) is 4.